The Balaban J connectivity index is 0.00000182. The normalized spacial score (nSPS) is 24.9. The molecule has 1 saturated carbocycles. The van der Waals surface area contributed by atoms with E-state index in [9.17, 15) is 9.59 Å². The number of nitrogens with one attached hydrogen (secondary N) is 3. The SMILES string of the molecule is Cl.O=C(Nc1cccc(C(=O)N2CCC3CCC(C2)N3)c1)NC1CC1. The first-order chi connectivity index (χ1) is 11.7. The predicted octanol–water partition coefficient (Wildman–Crippen LogP) is 2.36. The monoisotopic (exact) mass is 364 g/mol. The van der Waals surface area contributed by atoms with Crippen molar-refractivity contribution < 1.29 is 9.59 Å². The molecule has 1 aromatic carbocycles. The summed E-state index contributed by atoms with van der Waals surface area (Å²) in [6.45, 7) is 1.57. The van der Waals surface area contributed by atoms with Gasteiger partial charge in [0.05, 0.1) is 0 Å². The topological polar surface area (TPSA) is 73.5 Å². The van der Waals surface area contributed by atoms with Crippen LogP contribution < -0.4 is 16.0 Å². The number of hydrogen-bond donors (Lipinski definition) is 3. The summed E-state index contributed by atoms with van der Waals surface area (Å²) < 4.78 is 0. The molecule has 3 N–H and O–H groups in total. The largest absolute Gasteiger partial charge is 0.337 e. The Labute approximate surface area is 154 Å². The molecular weight excluding hydrogens is 340 g/mol. The number of carbonyl (C=O) groups excluding carboxylic acids is 2. The van der Waals surface area contributed by atoms with Crippen LogP contribution in [0.3, 0.4) is 0 Å². The molecule has 3 aliphatic rings. The number of amides is 3. The lowest BCUT2D eigenvalue weighted by atomic mass is 10.1. The molecular formula is C18H25ClN4O2. The van der Waals surface area contributed by atoms with E-state index in [1.165, 1.54) is 6.42 Å². The molecule has 0 radical (unpaired) electrons. The van der Waals surface area contributed by atoms with Crippen molar-refractivity contribution in [3.05, 3.63) is 29.8 Å². The lowest BCUT2D eigenvalue weighted by molar-refractivity contribution is 0.0748. The summed E-state index contributed by atoms with van der Waals surface area (Å²) in [6, 6.07) is 8.33. The standard InChI is InChI=1S/C18H24N4O2.ClH/c23-17(22-9-8-14-6-7-16(11-22)19-14)12-2-1-3-15(10-12)21-18(24)20-13-4-5-13;/h1-3,10,13-14,16,19H,4-9,11H2,(H2,20,21,24);1H. The fraction of sp³-hybridized carbons (Fsp3) is 0.556. The number of likely N-dealkylation sites (tertiary alicyclic amines) is 1. The van der Waals surface area contributed by atoms with Gasteiger partial charge in [-0.3, -0.25) is 4.79 Å². The summed E-state index contributed by atoms with van der Waals surface area (Å²) in [7, 11) is 0. The van der Waals surface area contributed by atoms with Crippen molar-refractivity contribution in [3.63, 3.8) is 0 Å². The van der Waals surface area contributed by atoms with Crippen LogP contribution in [0.25, 0.3) is 0 Å². The van der Waals surface area contributed by atoms with Gasteiger partial charge in [-0.25, -0.2) is 4.79 Å². The maximum Gasteiger partial charge on any atom is 0.319 e. The smallest absolute Gasteiger partial charge is 0.319 e. The molecule has 25 heavy (non-hydrogen) atoms. The minimum Gasteiger partial charge on any atom is -0.337 e. The Hall–Kier alpha value is -1.79. The van der Waals surface area contributed by atoms with Gasteiger partial charge in [-0.2, -0.15) is 0 Å². The first-order valence-electron chi connectivity index (χ1n) is 8.90. The van der Waals surface area contributed by atoms with E-state index in [1.807, 2.05) is 23.1 Å². The molecule has 7 heteroatoms. The van der Waals surface area contributed by atoms with Crippen molar-refractivity contribution in [1.82, 2.24) is 15.5 Å². The molecule has 0 aromatic heterocycles. The van der Waals surface area contributed by atoms with Crippen LogP contribution in [0.1, 0.15) is 42.5 Å². The predicted molar refractivity (Wildman–Crippen MR) is 99.3 cm³/mol. The number of hydrogen-bond acceptors (Lipinski definition) is 3. The number of nitrogens with zero attached hydrogens (tertiary/aromatic N) is 1. The van der Waals surface area contributed by atoms with Crippen LogP contribution >= 0.6 is 12.4 Å². The van der Waals surface area contributed by atoms with Crippen LogP contribution in [-0.4, -0.2) is 48.1 Å². The molecule has 2 atom stereocenters. The quantitative estimate of drug-likeness (QED) is 0.770. The zero-order valence-corrected chi connectivity index (χ0v) is 15.0. The number of halogens is 1. The minimum absolute atomic E-state index is 0. The van der Waals surface area contributed by atoms with E-state index < -0.39 is 0 Å². The molecule has 2 aliphatic heterocycles. The Morgan fingerprint density at radius 2 is 1.88 bits per heavy atom. The third-order valence-electron chi connectivity index (χ3n) is 5.09. The fourth-order valence-corrected chi connectivity index (χ4v) is 3.62. The van der Waals surface area contributed by atoms with Gasteiger partial charge in [-0.15, -0.1) is 12.4 Å². The van der Waals surface area contributed by atoms with E-state index >= 15 is 0 Å². The van der Waals surface area contributed by atoms with Crippen LogP contribution in [0.15, 0.2) is 24.3 Å². The second kappa shape index (κ2) is 7.62. The van der Waals surface area contributed by atoms with Crippen LogP contribution in [0.2, 0.25) is 0 Å². The lowest BCUT2D eigenvalue weighted by Gasteiger charge is -2.24. The van der Waals surface area contributed by atoms with Gasteiger partial charge in [0.15, 0.2) is 0 Å². The fourth-order valence-electron chi connectivity index (χ4n) is 3.62. The number of urea groups is 1. The highest BCUT2D eigenvalue weighted by Gasteiger charge is 2.31. The molecule has 1 aliphatic carbocycles. The molecule has 2 saturated heterocycles. The van der Waals surface area contributed by atoms with Gasteiger partial charge in [-0.05, 0) is 50.3 Å². The molecule has 2 heterocycles. The van der Waals surface area contributed by atoms with Crippen LogP contribution in [-0.2, 0) is 0 Å². The van der Waals surface area contributed by atoms with Gasteiger partial charge in [0.25, 0.3) is 5.91 Å². The third kappa shape index (κ3) is 4.44. The number of benzene rings is 1. The van der Waals surface area contributed by atoms with Gasteiger partial charge in [0.2, 0.25) is 0 Å². The van der Waals surface area contributed by atoms with E-state index in [0.29, 0.717) is 29.4 Å². The Bertz CT molecular complexity index is 650. The first-order valence-corrected chi connectivity index (χ1v) is 8.90. The molecule has 0 spiro atoms. The van der Waals surface area contributed by atoms with Crippen molar-refractivity contribution >= 4 is 30.0 Å². The van der Waals surface area contributed by atoms with Gasteiger partial charge < -0.3 is 20.9 Å². The second-order valence-electron chi connectivity index (χ2n) is 7.13. The maximum atomic E-state index is 12.8. The third-order valence-corrected chi connectivity index (χ3v) is 5.09. The lowest BCUT2D eigenvalue weighted by Crippen LogP contribution is -2.39. The number of rotatable bonds is 3. The summed E-state index contributed by atoms with van der Waals surface area (Å²) in [5.41, 5.74) is 1.30. The molecule has 136 valence electrons. The highest BCUT2D eigenvalue weighted by molar-refractivity contribution is 5.97. The summed E-state index contributed by atoms with van der Waals surface area (Å²) in [4.78, 5) is 26.6. The Kier molecular flexibility index (Phi) is 5.49. The van der Waals surface area contributed by atoms with Crippen LogP contribution in [0.4, 0.5) is 10.5 Å². The number of carbonyl (C=O) groups is 2. The van der Waals surface area contributed by atoms with Crippen LogP contribution in [0, 0.1) is 0 Å². The molecule has 3 fully saturated rings. The average molecular weight is 365 g/mol. The summed E-state index contributed by atoms with van der Waals surface area (Å²) >= 11 is 0. The van der Waals surface area contributed by atoms with Gasteiger partial charge in [0, 0.05) is 42.5 Å². The van der Waals surface area contributed by atoms with Gasteiger partial charge >= 0.3 is 6.03 Å². The van der Waals surface area contributed by atoms with Crippen molar-refractivity contribution in [2.75, 3.05) is 18.4 Å². The van der Waals surface area contributed by atoms with E-state index in [1.54, 1.807) is 6.07 Å². The second-order valence-corrected chi connectivity index (χ2v) is 7.13. The van der Waals surface area contributed by atoms with Crippen LogP contribution in [0.5, 0.6) is 0 Å². The minimum atomic E-state index is -0.196. The van der Waals surface area contributed by atoms with E-state index in [2.05, 4.69) is 16.0 Å². The summed E-state index contributed by atoms with van der Waals surface area (Å²) in [5.74, 6) is 0.0515. The van der Waals surface area contributed by atoms with Crippen molar-refractivity contribution in [3.8, 4) is 0 Å². The first kappa shape index (κ1) is 18.0. The zero-order chi connectivity index (χ0) is 16.5. The molecule has 4 rings (SSSR count). The number of fused-ring (bicyclic) bond motifs is 2. The molecule has 1 aromatic rings. The maximum absolute atomic E-state index is 12.8. The average Bonchev–Trinajstić information content (AvgIpc) is 3.29. The van der Waals surface area contributed by atoms with Crippen molar-refractivity contribution in [2.24, 2.45) is 0 Å². The van der Waals surface area contributed by atoms with Crippen molar-refractivity contribution in [1.29, 1.82) is 0 Å². The van der Waals surface area contributed by atoms with E-state index in [0.717, 1.165) is 38.8 Å². The zero-order valence-electron chi connectivity index (χ0n) is 14.2. The molecule has 3 amide bonds. The summed E-state index contributed by atoms with van der Waals surface area (Å²) in [5, 5.41) is 9.30. The Morgan fingerprint density at radius 1 is 1.08 bits per heavy atom. The van der Waals surface area contributed by atoms with Gasteiger partial charge in [-0.1, -0.05) is 6.07 Å². The molecule has 6 nitrogen and oxygen atoms in total. The van der Waals surface area contributed by atoms with E-state index in [4.69, 9.17) is 0 Å². The Morgan fingerprint density at radius 3 is 2.68 bits per heavy atom. The van der Waals surface area contributed by atoms with E-state index in [-0.39, 0.29) is 24.3 Å². The summed E-state index contributed by atoms with van der Waals surface area (Å²) in [6.07, 6.45) is 5.50. The van der Waals surface area contributed by atoms with Crippen molar-refractivity contribution in [2.45, 2.75) is 50.2 Å². The van der Waals surface area contributed by atoms with Gasteiger partial charge in [0.1, 0.15) is 0 Å². The number of anilines is 1. The highest BCUT2D eigenvalue weighted by atomic mass is 35.5. The highest BCUT2D eigenvalue weighted by Crippen LogP contribution is 2.22. The molecule has 2 bridgehead atoms. The molecule has 2 unspecified atom stereocenters.